The number of aryl methyl sites for hydroxylation is 1. The van der Waals surface area contributed by atoms with Gasteiger partial charge in [0, 0.05) is 23.9 Å². The number of nitro groups is 1. The fraction of sp³-hybridized carbons (Fsp3) is 0.179. The summed E-state index contributed by atoms with van der Waals surface area (Å²) < 4.78 is 0. The third-order valence-corrected chi connectivity index (χ3v) is 7.36. The summed E-state index contributed by atoms with van der Waals surface area (Å²) in [6.45, 7) is 1.92. The van der Waals surface area contributed by atoms with E-state index in [1.807, 2.05) is 49.4 Å². The van der Waals surface area contributed by atoms with E-state index < -0.39 is 40.5 Å². The molecule has 0 aromatic heterocycles. The number of imide groups is 1. The van der Waals surface area contributed by atoms with Crippen LogP contribution in [0.5, 0.6) is 0 Å². The lowest BCUT2D eigenvalue weighted by Gasteiger charge is -2.35. The van der Waals surface area contributed by atoms with Crippen LogP contribution in [0.15, 0.2) is 79.0 Å². The number of anilines is 1. The summed E-state index contributed by atoms with van der Waals surface area (Å²) >= 11 is 0. The minimum Gasteiger partial charge on any atom is -0.358 e. The van der Waals surface area contributed by atoms with Crippen LogP contribution in [-0.4, -0.2) is 33.5 Å². The molecule has 3 aliphatic rings. The first-order valence-electron chi connectivity index (χ1n) is 11.6. The smallest absolute Gasteiger partial charge is 0.270 e. The Morgan fingerprint density at radius 3 is 2.39 bits per heavy atom. The SMILES string of the molecule is Cc1ccc(N2C(=O)[C@@H]3[C@@H](C2=O)[C@H]2c4ccccc4C=CN2[C@@H]3C(=O)c2cccc([N+](=O)[O-])c2)cc1. The molecule has 8 heteroatoms. The first-order chi connectivity index (χ1) is 17.4. The number of rotatable bonds is 4. The summed E-state index contributed by atoms with van der Waals surface area (Å²) in [4.78, 5) is 55.4. The van der Waals surface area contributed by atoms with E-state index in [4.69, 9.17) is 0 Å². The Balaban J connectivity index is 1.49. The molecule has 8 nitrogen and oxygen atoms in total. The number of hydrogen-bond donors (Lipinski definition) is 0. The van der Waals surface area contributed by atoms with Gasteiger partial charge in [-0.2, -0.15) is 0 Å². The Labute approximate surface area is 206 Å². The van der Waals surface area contributed by atoms with Crippen molar-refractivity contribution in [2.45, 2.75) is 19.0 Å². The lowest BCUT2D eigenvalue weighted by molar-refractivity contribution is -0.384. The van der Waals surface area contributed by atoms with E-state index in [0.29, 0.717) is 5.69 Å². The number of benzene rings is 3. The maximum Gasteiger partial charge on any atom is 0.270 e. The molecule has 0 N–H and O–H groups in total. The Bertz CT molecular complexity index is 1480. The number of nitrogens with zero attached hydrogens (tertiary/aromatic N) is 3. The maximum absolute atomic E-state index is 13.9. The highest BCUT2D eigenvalue weighted by molar-refractivity contribution is 6.24. The van der Waals surface area contributed by atoms with Gasteiger partial charge in [0.05, 0.1) is 28.5 Å². The van der Waals surface area contributed by atoms with Gasteiger partial charge < -0.3 is 4.90 Å². The Kier molecular flexibility index (Phi) is 4.86. The van der Waals surface area contributed by atoms with Crippen molar-refractivity contribution in [3.63, 3.8) is 0 Å². The number of Topliss-reactive ketones (excluding diaryl/α,β-unsaturated/α-hetero) is 1. The molecule has 3 aromatic rings. The molecule has 178 valence electrons. The first kappa shape index (κ1) is 21.9. The predicted octanol–water partition coefficient (Wildman–Crippen LogP) is 4.30. The van der Waals surface area contributed by atoms with Crippen LogP contribution in [0.1, 0.15) is 33.1 Å². The van der Waals surface area contributed by atoms with E-state index in [9.17, 15) is 24.5 Å². The van der Waals surface area contributed by atoms with Crippen molar-refractivity contribution in [2.75, 3.05) is 4.90 Å². The molecule has 0 aliphatic carbocycles. The van der Waals surface area contributed by atoms with Crippen LogP contribution in [-0.2, 0) is 9.59 Å². The van der Waals surface area contributed by atoms with Crippen molar-refractivity contribution in [1.82, 2.24) is 4.90 Å². The number of carbonyl (C=O) groups is 3. The van der Waals surface area contributed by atoms with Gasteiger partial charge in [0.15, 0.2) is 5.78 Å². The molecule has 0 bridgehead atoms. The van der Waals surface area contributed by atoms with Crippen LogP contribution < -0.4 is 4.90 Å². The van der Waals surface area contributed by atoms with E-state index >= 15 is 0 Å². The summed E-state index contributed by atoms with van der Waals surface area (Å²) in [6, 6.07) is 18.8. The first-order valence-corrected chi connectivity index (χ1v) is 11.6. The molecule has 0 saturated carbocycles. The molecule has 3 heterocycles. The molecular weight excluding hydrogens is 458 g/mol. The third-order valence-electron chi connectivity index (χ3n) is 7.36. The molecule has 6 rings (SSSR count). The lowest BCUT2D eigenvalue weighted by Crippen LogP contribution is -2.44. The van der Waals surface area contributed by atoms with Gasteiger partial charge in [-0.3, -0.25) is 24.5 Å². The van der Waals surface area contributed by atoms with E-state index in [-0.39, 0.29) is 17.2 Å². The fourth-order valence-electron chi connectivity index (χ4n) is 5.75. The number of fused-ring (bicyclic) bond motifs is 5. The van der Waals surface area contributed by atoms with E-state index in [1.54, 1.807) is 23.2 Å². The molecule has 0 spiro atoms. The molecule has 0 radical (unpaired) electrons. The number of nitro benzene ring substituents is 1. The quantitative estimate of drug-likeness (QED) is 0.239. The highest BCUT2D eigenvalue weighted by Gasteiger charge is 2.64. The lowest BCUT2D eigenvalue weighted by atomic mass is 9.83. The van der Waals surface area contributed by atoms with Gasteiger partial charge in [-0.05, 0) is 36.3 Å². The van der Waals surface area contributed by atoms with E-state index in [0.717, 1.165) is 16.7 Å². The Morgan fingerprint density at radius 1 is 0.917 bits per heavy atom. The van der Waals surface area contributed by atoms with Gasteiger partial charge in [0.25, 0.3) is 5.69 Å². The molecule has 2 amide bonds. The number of hydrogen-bond acceptors (Lipinski definition) is 6. The average molecular weight is 479 g/mol. The summed E-state index contributed by atoms with van der Waals surface area (Å²) in [5.41, 5.74) is 3.19. The minimum atomic E-state index is -0.974. The summed E-state index contributed by atoms with van der Waals surface area (Å²) in [5, 5.41) is 11.3. The van der Waals surface area contributed by atoms with Gasteiger partial charge >= 0.3 is 0 Å². The molecular formula is C28H21N3O5. The summed E-state index contributed by atoms with van der Waals surface area (Å²) in [7, 11) is 0. The zero-order chi connectivity index (χ0) is 25.1. The number of carbonyl (C=O) groups excluding carboxylic acids is 3. The van der Waals surface area contributed by atoms with Crippen molar-refractivity contribution in [3.8, 4) is 0 Å². The van der Waals surface area contributed by atoms with Crippen LogP contribution in [0, 0.1) is 28.9 Å². The van der Waals surface area contributed by atoms with Crippen LogP contribution in [0.2, 0.25) is 0 Å². The van der Waals surface area contributed by atoms with E-state index in [2.05, 4.69) is 0 Å². The molecule has 0 unspecified atom stereocenters. The highest BCUT2D eigenvalue weighted by Crippen LogP contribution is 2.53. The second kappa shape index (κ2) is 7.98. The van der Waals surface area contributed by atoms with Gasteiger partial charge in [-0.1, -0.05) is 54.1 Å². The Hall–Kier alpha value is -4.59. The van der Waals surface area contributed by atoms with Gasteiger partial charge in [-0.25, -0.2) is 4.90 Å². The predicted molar refractivity (Wildman–Crippen MR) is 132 cm³/mol. The van der Waals surface area contributed by atoms with Crippen LogP contribution in [0.4, 0.5) is 11.4 Å². The van der Waals surface area contributed by atoms with Gasteiger partial charge in [0.2, 0.25) is 11.8 Å². The maximum atomic E-state index is 13.9. The van der Waals surface area contributed by atoms with Crippen molar-refractivity contribution in [2.24, 2.45) is 11.8 Å². The summed E-state index contributed by atoms with van der Waals surface area (Å²) in [5.74, 6) is -2.89. The highest BCUT2D eigenvalue weighted by atomic mass is 16.6. The van der Waals surface area contributed by atoms with Crippen LogP contribution in [0.25, 0.3) is 6.08 Å². The molecule has 3 aromatic carbocycles. The number of ketones is 1. The molecule has 2 fully saturated rings. The number of amides is 2. The zero-order valence-corrected chi connectivity index (χ0v) is 19.3. The second-order valence-corrected chi connectivity index (χ2v) is 9.35. The minimum absolute atomic E-state index is 0.134. The molecule has 3 aliphatic heterocycles. The van der Waals surface area contributed by atoms with Crippen LogP contribution >= 0.6 is 0 Å². The van der Waals surface area contributed by atoms with E-state index in [1.165, 1.54) is 29.2 Å². The largest absolute Gasteiger partial charge is 0.358 e. The molecule has 2 saturated heterocycles. The van der Waals surface area contributed by atoms with Crippen molar-refractivity contribution in [1.29, 1.82) is 0 Å². The van der Waals surface area contributed by atoms with Crippen molar-refractivity contribution in [3.05, 3.63) is 111 Å². The second-order valence-electron chi connectivity index (χ2n) is 9.35. The van der Waals surface area contributed by atoms with Gasteiger partial charge in [0.1, 0.15) is 6.04 Å². The summed E-state index contributed by atoms with van der Waals surface area (Å²) in [6.07, 6.45) is 3.63. The standard InChI is InChI=1S/C28H21N3O5/c1-16-9-11-19(12-10-16)30-27(33)22-23(28(30)34)25(26(32)18-6-4-7-20(15-18)31(35)36)29-14-13-17-5-2-3-8-21(17)24(22)29/h2-15,22-25H,1H3/t22-,23-,24-,25+/m1/s1. The third kappa shape index (κ3) is 3.11. The average Bonchev–Trinajstić information content (AvgIpc) is 3.37. The Morgan fingerprint density at radius 2 is 1.64 bits per heavy atom. The molecule has 4 atom stereocenters. The fourth-order valence-corrected chi connectivity index (χ4v) is 5.75. The topological polar surface area (TPSA) is 101 Å². The number of non-ortho nitro benzene ring substituents is 1. The van der Waals surface area contributed by atoms with Crippen molar-refractivity contribution >= 4 is 35.0 Å². The normalized spacial score (nSPS) is 23.9. The van der Waals surface area contributed by atoms with Gasteiger partial charge in [-0.15, -0.1) is 0 Å². The molecule has 36 heavy (non-hydrogen) atoms. The zero-order valence-electron chi connectivity index (χ0n) is 19.3. The van der Waals surface area contributed by atoms with Crippen LogP contribution in [0.3, 0.4) is 0 Å². The monoisotopic (exact) mass is 479 g/mol. The van der Waals surface area contributed by atoms with Crippen molar-refractivity contribution < 1.29 is 19.3 Å².